The van der Waals surface area contributed by atoms with Crippen molar-refractivity contribution in [2.45, 2.75) is 38.2 Å². The Morgan fingerprint density at radius 3 is 2.71 bits per heavy atom. The zero-order valence-corrected chi connectivity index (χ0v) is 13.3. The molecule has 0 spiro atoms. The quantitative estimate of drug-likeness (QED) is 0.899. The van der Waals surface area contributed by atoms with Gasteiger partial charge in [0, 0.05) is 12.5 Å². The average Bonchev–Trinajstić information content (AvgIpc) is 2.81. The van der Waals surface area contributed by atoms with Crippen molar-refractivity contribution in [3.63, 3.8) is 0 Å². The molecule has 0 aliphatic heterocycles. The van der Waals surface area contributed by atoms with Gasteiger partial charge in [-0.3, -0.25) is 0 Å². The summed E-state index contributed by atoms with van der Waals surface area (Å²) < 4.78 is 0. The Bertz CT molecular complexity index is 528. The summed E-state index contributed by atoms with van der Waals surface area (Å²) in [6.45, 7) is 2.80. The molecule has 2 N–H and O–H groups in total. The SMILES string of the molecule is Cc1ccc([C@@]2(O)C[C@H]3CC[C@H](C3)[C@@H]2CN(C)C)cc1O. The van der Waals surface area contributed by atoms with E-state index in [1.807, 2.05) is 19.1 Å². The molecule has 0 saturated heterocycles. The number of benzene rings is 1. The monoisotopic (exact) mass is 289 g/mol. The molecule has 4 atom stereocenters. The van der Waals surface area contributed by atoms with Crippen molar-refractivity contribution in [3.8, 4) is 5.75 Å². The van der Waals surface area contributed by atoms with E-state index in [2.05, 4.69) is 19.0 Å². The summed E-state index contributed by atoms with van der Waals surface area (Å²) in [5.41, 5.74) is 0.971. The van der Waals surface area contributed by atoms with Crippen LogP contribution in [0.1, 0.15) is 36.8 Å². The van der Waals surface area contributed by atoms with Crippen LogP contribution in [-0.2, 0) is 5.60 Å². The minimum atomic E-state index is -0.792. The largest absolute Gasteiger partial charge is 0.508 e. The van der Waals surface area contributed by atoms with E-state index >= 15 is 0 Å². The van der Waals surface area contributed by atoms with Crippen LogP contribution in [0.15, 0.2) is 18.2 Å². The molecule has 2 aliphatic carbocycles. The van der Waals surface area contributed by atoms with Crippen LogP contribution >= 0.6 is 0 Å². The van der Waals surface area contributed by atoms with Gasteiger partial charge in [-0.1, -0.05) is 18.6 Å². The van der Waals surface area contributed by atoms with Gasteiger partial charge in [0.1, 0.15) is 5.75 Å². The van der Waals surface area contributed by atoms with Gasteiger partial charge >= 0.3 is 0 Å². The summed E-state index contributed by atoms with van der Waals surface area (Å²) in [7, 11) is 4.15. The van der Waals surface area contributed by atoms with E-state index in [4.69, 9.17) is 0 Å². The summed E-state index contributed by atoms with van der Waals surface area (Å²) in [4.78, 5) is 2.18. The van der Waals surface area contributed by atoms with Gasteiger partial charge in [-0.05, 0) is 69.3 Å². The second-order valence-corrected chi connectivity index (χ2v) is 7.44. The predicted molar refractivity (Wildman–Crippen MR) is 84.2 cm³/mol. The fourth-order valence-electron chi connectivity index (χ4n) is 4.55. The fraction of sp³-hybridized carbons (Fsp3) is 0.667. The standard InChI is InChI=1S/C18H27NO2/c1-12-4-7-15(9-17(12)20)18(21)10-13-5-6-14(8-13)16(18)11-19(2)3/h4,7,9,13-14,16,20-21H,5-6,8,10-11H2,1-3H3/t13-,14+,16-,18-/m0/s1. The Morgan fingerprint density at radius 1 is 1.29 bits per heavy atom. The van der Waals surface area contributed by atoms with Crippen LogP contribution in [0.4, 0.5) is 0 Å². The smallest absolute Gasteiger partial charge is 0.118 e. The molecule has 1 aromatic rings. The lowest BCUT2D eigenvalue weighted by Gasteiger charge is -2.45. The molecule has 0 unspecified atom stereocenters. The van der Waals surface area contributed by atoms with E-state index in [0.29, 0.717) is 17.6 Å². The lowest BCUT2D eigenvalue weighted by Crippen LogP contribution is -2.47. The Labute approximate surface area is 127 Å². The first-order valence-electron chi connectivity index (χ1n) is 8.07. The van der Waals surface area contributed by atoms with Crippen LogP contribution in [0.3, 0.4) is 0 Å². The highest BCUT2D eigenvalue weighted by Crippen LogP contribution is 2.54. The van der Waals surface area contributed by atoms with Gasteiger partial charge in [-0.25, -0.2) is 0 Å². The zero-order valence-electron chi connectivity index (χ0n) is 13.3. The number of phenols is 1. The number of hydrogen-bond donors (Lipinski definition) is 2. The third kappa shape index (κ3) is 2.58. The number of rotatable bonds is 3. The van der Waals surface area contributed by atoms with Crippen molar-refractivity contribution >= 4 is 0 Å². The van der Waals surface area contributed by atoms with Gasteiger partial charge in [-0.15, -0.1) is 0 Å². The molecular formula is C18H27NO2. The first kappa shape index (κ1) is 14.9. The second-order valence-electron chi connectivity index (χ2n) is 7.44. The zero-order chi connectivity index (χ0) is 15.2. The Hall–Kier alpha value is -1.06. The van der Waals surface area contributed by atoms with Crippen molar-refractivity contribution < 1.29 is 10.2 Å². The predicted octanol–water partition coefficient (Wildman–Crippen LogP) is 2.89. The molecular weight excluding hydrogens is 262 g/mol. The molecule has 2 fully saturated rings. The summed E-state index contributed by atoms with van der Waals surface area (Å²) in [6.07, 6.45) is 4.58. The molecule has 2 aliphatic rings. The molecule has 2 saturated carbocycles. The van der Waals surface area contributed by atoms with Gasteiger partial charge in [0.05, 0.1) is 5.60 Å². The topological polar surface area (TPSA) is 43.7 Å². The molecule has 0 aromatic heterocycles. The lowest BCUT2D eigenvalue weighted by molar-refractivity contribution is -0.0892. The van der Waals surface area contributed by atoms with Crippen molar-refractivity contribution in [1.29, 1.82) is 0 Å². The maximum atomic E-state index is 11.5. The highest BCUT2D eigenvalue weighted by atomic mass is 16.3. The summed E-state index contributed by atoms with van der Waals surface area (Å²) in [5.74, 6) is 1.80. The molecule has 116 valence electrons. The normalized spacial score (nSPS) is 35.4. The summed E-state index contributed by atoms with van der Waals surface area (Å²) >= 11 is 0. The molecule has 3 nitrogen and oxygen atoms in total. The maximum Gasteiger partial charge on any atom is 0.118 e. The molecule has 0 radical (unpaired) electrons. The van der Waals surface area contributed by atoms with Gasteiger partial charge in [-0.2, -0.15) is 0 Å². The number of aryl methyl sites for hydroxylation is 1. The van der Waals surface area contributed by atoms with E-state index in [9.17, 15) is 10.2 Å². The number of fused-ring (bicyclic) bond motifs is 2. The molecule has 1 aromatic carbocycles. The average molecular weight is 289 g/mol. The van der Waals surface area contributed by atoms with E-state index < -0.39 is 5.60 Å². The van der Waals surface area contributed by atoms with E-state index in [-0.39, 0.29) is 5.92 Å². The highest BCUT2D eigenvalue weighted by molar-refractivity contribution is 5.39. The molecule has 3 rings (SSSR count). The van der Waals surface area contributed by atoms with Gasteiger partial charge in [0.15, 0.2) is 0 Å². The molecule has 3 heteroatoms. The minimum absolute atomic E-state index is 0.258. The number of nitrogens with zero attached hydrogens (tertiary/aromatic N) is 1. The van der Waals surface area contributed by atoms with Gasteiger partial charge in [0.2, 0.25) is 0 Å². The maximum absolute atomic E-state index is 11.5. The van der Waals surface area contributed by atoms with Crippen LogP contribution in [0.2, 0.25) is 0 Å². The first-order valence-corrected chi connectivity index (χ1v) is 8.07. The highest BCUT2D eigenvalue weighted by Gasteiger charge is 2.51. The molecule has 0 heterocycles. The number of hydrogen-bond acceptors (Lipinski definition) is 3. The Kier molecular flexibility index (Phi) is 3.74. The van der Waals surface area contributed by atoms with Crippen molar-refractivity contribution in [1.82, 2.24) is 4.90 Å². The third-order valence-corrected chi connectivity index (χ3v) is 5.63. The lowest BCUT2D eigenvalue weighted by atomic mass is 9.66. The van der Waals surface area contributed by atoms with Crippen LogP contribution < -0.4 is 0 Å². The third-order valence-electron chi connectivity index (χ3n) is 5.63. The van der Waals surface area contributed by atoms with E-state index in [1.165, 1.54) is 19.3 Å². The minimum Gasteiger partial charge on any atom is -0.508 e. The van der Waals surface area contributed by atoms with Crippen LogP contribution in [-0.4, -0.2) is 35.8 Å². The van der Waals surface area contributed by atoms with Crippen LogP contribution in [0.5, 0.6) is 5.75 Å². The van der Waals surface area contributed by atoms with Crippen molar-refractivity contribution in [2.75, 3.05) is 20.6 Å². The van der Waals surface area contributed by atoms with Crippen molar-refractivity contribution in [2.24, 2.45) is 17.8 Å². The summed E-state index contributed by atoms with van der Waals surface area (Å²) in [5, 5.41) is 21.5. The van der Waals surface area contributed by atoms with Crippen molar-refractivity contribution in [3.05, 3.63) is 29.3 Å². The fourth-order valence-corrected chi connectivity index (χ4v) is 4.55. The molecule has 21 heavy (non-hydrogen) atoms. The van der Waals surface area contributed by atoms with Crippen LogP contribution in [0, 0.1) is 24.7 Å². The van der Waals surface area contributed by atoms with Crippen LogP contribution in [0.25, 0.3) is 0 Å². The Balaban J connectivity index is 2.00. The Morgan fingerprint density at radius 2 is 2.05 bits per heavy atom. The first-order chi connectivity index (χ1) is 9.90. The second kappa shape index (κ2) is 5.29. The number of aromatic hydroxyl groups is 1. The number of phenolic OH excluding ortho intramolecular Hbond substituents is 1. The van der Waals surface area contributed by atoms with E-state index in [0.717, 1.165) is 24.1 Å². The van der Waals surface area contributed by atoms with Gasteiger partial charge in [0.25, 0.3) is 0 Å². The molecule has 2 bridgehead atoms. The van der Waals surface area contributed by atoms with Gasteiger partial charge < -0.3 is 15.1 Å². The van der Waals surface area contributed by atoms with E-state index in [1.54, 1.807) is 6.07 Å². The summed E-state index contributed by atoms with van der Waals surface area (Å²) in [6, 6.07) is 5.71. The number of aliphatic hydroxyl groups is 1. The molecule has 0 amide bonds.